The minimum Gasteiger partial charge on any atom is -0.396 e. The molecule has 0 radical (unpaired) electrons. The Morgan fingerprint density at radius 3 is 2.74 bits per heavy atom. The van der Waals surface area contributed by atoms with Gasteiger partial charge in [-0.15, -0.1) is 0 Å². The van der Waals surface area contributed by atoms with Crippen molar-refractivity contribution in [2.45, 2.75) is 13.5 Å². The summed E-state index contributed by atoms with van der Waals surface area (Å²) in [5, 5.41) is 13.0. The maximum absolute atomic E-state index is 8.97. The van der Waals surface area contributed by atoms with Gasteiger partial charge in [-0.25, -0.2) is 0 Å². The van der Waals surface area contributed by atoms with E-state index in [4.69, 9.17) is 9.63 Å². The zero-order valence-electron chi connectivity index (χ0n) is 10.9. The Kier molecular flexibility index (Phi) is 3.31. The molecule has 3 rings (SSSR count). The molecule has 0 unspecified atom stereocenters. The molecule has 2 heterocycles. The summed E-state index contributed by atoms with van der Waals surface area (Å²) >= 11 is 0. The number of nitrogens with zero attached hydrogens (tertiary/aromatic N) is 3. The van der Waals surface area contributed by atoms with Crippen LogP contribution in [-0.4, -0.2) is 39.8 Å². The van der Waals surface area contributed by atoms with Gasteiger partial charge < -0.3 is 9.63 Å². The van der Waals surface area contributed by atoms with Crippen LogP contribution in [0.1, 0.15) is 11.5 Å². The molecule has 19 heavy (non-hydrogen) atoms. The fourth-order valence-electron chi connectivity index (χ4n) is 2.25. The van der Waals surface area contributed by atoms with Crippen molar-refractivity contribution in [3.8, 4) is 11.4 Å². The number of aliphatic hydroxyl groups excluding tert-OH is 1. The summed E-state index contributed by atoms with van der Waals surface area (Å²) in [6.07, 6.45) is 0. The quantitative estimate of drug-likeness (QED) is 0.901. The molecule has 0 aliphatic carbocycles. The molecule has 0 amide bonds. The molecule has 0 spiro atoms. The van der Waals surface area contributed by atoms with Crippen molar-refractivity contribution < 1.29 is 9.63 Å². The average Bonchev–Trinajstić information content (AvgIpc) is 2.82. The fraction of sp³-hybridized carbons (Fsp3) is 0.429. The molecule has 0 saturated carbocycles. The number of likely N-dealkylation sites (tertiary alicyclic amines) is 1. The average molecular weight is 259 g/mol. The first-order valence-electron chi connectivity index (χ1n) is 6.47. The molecule has 1 aromatic carbocycles. The Morgan fingerprint density at radius 1 is 1.32 bits per heavy atom. The Labute approximate surface area is 111 Å². The topological polar surface area (TPSA) is 62.4 Å². The van der Waals surface area contributed by atoms with Crippen molar-refractivity contribution in [1.29, 1.82) is 0 Å². The van der Waals surface area contributed by atoms with Crippen LogP contribution in [0.25, 0.3) is 11.4 Å². The van der Waals surface area contributed by atoms with Gasteiger partial charge in [0.05, 0.1) is 6.54 Å². The summed E-state index contributed by atoms with van der Waals surface area (Å²) in [7, 11) is 0. The fourth-order valence-corrected chi connectivity index (χ4v) is 2.25. The van der Waals surface area contributed by atoms with Crippen LogP contribution in [0, 0.1) is 12.8 Å². The molecule has 1 saturated heterocycles. The van der Waals surface area contributed by atoms with E-state index in [2.05, 4.69) is 15.0 Å². The van der Waals surface area contributed by atoms with Crippen molar-refractivity contribution in [2.24, 2.45) is 5.92 Å². The van der Waals surface area contributed by atoms with E-state index in [1.807, 2.05) is 31.2 Å². The third-order valence-electron chi connectivity index (χ3n) is 3.43. The molecule has 5 nitrogen and oxygen atoms in total. The van der Waals surface area contributed by atoms with Crippen LogP contribution in [0.4, 0.5) is 0 Å². The highest BCUT2D eigenvalue weighted by Crippen LogP contribution is 2.20. The third-order valence-corrected chi connectivity index (χ3v) is 3.43. The molecule has 1 aliphatic heterocycles. The Hall–Kier alpha value is -1.72. The highest BCUT2D eigenvalue weighted by Gasteiger charge is 2.27. The Balaban J connectivity index is 1.65. The third kappa shape index (κ3) is 2.67. The van der Waals surface area contributed by atoms with Gasteiger partial charge >= 0.3 is 0 Å². The van der Waals surface area contributed by atoms with E-state index in [1.165, 1.54) is 5.56 Å². The van der Waals surface area contributed by atoms with Crippen molar-refractivity contribution in [3.63, 3.8) is 0 Å². The number of hydrogen-bond donors (Lipinski definition) is 1. The lowest BCUT2D eigenvalue weighted by Gasteiger charge is -2.36. The van der Waals surface area contributed by atoms with Gasteiger partial charge in [-0.2, -0.15) is 4.98 Å². The summed E-state index contributed by atoms with van der Waals surface area (Å²) in [5.74, 6) is 1.67. The second-order valence-electron chi connectivity index (χ2n) is 5.12. The number of benzene rings is 1. The smallest absolute Gasteiger partial charge is 0.241 e. The van der Waals surface area contributed by atoms with Gasteiger partial charge in [0, 0.05) is 31.2 Å². The van der Waals surface area contributed by atoms with E-state index in [0.29, 0.717) is 24.2 Å². The number of aryl methyl sites for hydroxylation is 1. The van der Waals surface area contributed by atoms with Crippen LogP contribution in [0.2, 0.25) is 0 Å². The van der Waals surface area contributed by atoms with E-state index in [0.717, 1.165) is 18.7 Å². The molecule has 0 atom stereocenters. The number of hydrogen-bond acceptors (Lipinski definition) is 5. The van der Waals surface area contributed by atoms with E-state index >= 15 is 0 Å². The van der Waals surface area contributed by atoms with Gasteiger partial charge in [0.1, 0.15) is 0 Å². The van der Waals surface area contributed by atoms with Crippen LogP contribution in [0.5, 0.6) is 0 Å². The SMILES string of the molecule is Cc1ccc(-c2noc(CN3CC(CO)C3)n2)cc1. The summed E-state index contributed by atoms with van der Waals surface area (Å²) < 4.78 is 5.26. The van der Waals surface area contributed by atoms with Gasteiger partial charge in [0.15, 0.2) is 0 Å². The monoisotopic (exact) mass is 259 g/mol. The second-order valence-corrected chi connectivity index (χ2v) is 5.12. The first kappa shape index (κ1) is 12.3. The minimum atomic E-state index is 0.259. The zero-order chi connectivity index (χ0) is 13.2. The van der Waals surface area contributed by atoms with Crippen molar-refractivity contribution >= 4 is 0 Å². The van der Waals surface area contributed by atoms with E-state index in [9.17, 15) is 0 Å². The van der Waals surface area contributed by atoms with Crippen LogP contribution in [0.15, 0.2) is 28.8 Å². The number of aliphatic hydroxyl groups is 1. The van der Waals surface area contributed by atoms with Gasteiger partial charge in [0.2, 0.25) is 11.7 Å². The van der Waals surface area contributed by atoms with Gasteiger partial charge in [0.25, 0.3) is 0 Å². The first-order valence-corrected chi connectivity index (χ1v) is 6.47. The zero-order valence-corrected chi connectivity index (χ0v) is 10.9. The highest BCUT2D eigenvalue weighted by atomic mass is 16.5. The normalized spacial score (nSPS) is 16.5. The Morgan fingerprint density at radius 2 is 2.05 bits per heavy atom. The van der Waals surface area contributed by atoms with Crippen molar-refractivity contribution in [2.75, 3.05) is 19.7 Å². The second kappa shape index (κ2) is 5.11. The Bertz CT molecular complexity index is 544. The van der Waals surface area contributed by atoms with E-state index < -0.39 is 0 Å². The lowest BCUT2D eigenvalue weighted by Crippen LogP contribution is -2.47. The van der Waals surface area contributed by atoms with Crippen LogP contribution >= 0.6 is 0 Å². The van der Waals surface area contributed by atoms with Gasteiger partial charge in [-0.3, -0.25) is 4.90 Å². The minimum absolute atomic E-state index is 0.259. The summed E-state index contributed by atoms with van der Waals surface area (Å²) in [5.41, 5.74) is 2.18. The van der Waals surface area contributed by atoms with Crippen molar-refractivity contribution in [3.05, 3.63) is 35.7 Å². The molecular weight excluding hydrogens is 242 g/mol. The maximum atomic E-state index is 8.97. The largest absolute Gasteiger partial charge is 0.396 e. The molecule has 1 fully saturated rings. The first-order chi connectivity index (χ1) is 9.24. The molecular formula is C14H17N3O2. The molecule has 2 aromatic rings. The van der Waals surface area contributed by atoms with Crippen LogP contribution in [-0.2, 0) is 6.54 Å². The van der Waals surface area contributed by atoms with Crippen LogP contribution < -0.4 is 0 Å². The molecule has 1 aliphatic rings. The molecule has 0 bridgehead atoms. The standard InChI is InChI=1S/C14H17N3O2/c1-10-2-4-12(5-3-10)14-15-13(19-16-14)8-17-6-11(7-17)9-18/h2-5,11,18H,6-9H2,1H3. The lowest BCUT2D eigenvalue weighted by molar-refractivity contribution is 0.0402. The van der Waals surface area contributed by atoms with Gasteiger partial charge in [-0.1, -0.05) is 35.0 Å². The van der Waals surface area contributed by atoms with Crippen molar-refractivity contribution in [1.82, 2.24) is 15.0 Å². The predicted molar refractivity (Wildman–Crippen MR) is 70.3 cm³/mol. The molecule has 1 aromatic heterocycles. The highest BCUT2D eigenvalue weighted by molar-refractivity contribution is 5.54. The number of aromatic nitrogens is 2. The molecule has 1 N–H and O–H groups in total. The predicted octanol–water partition coefficient (Wildman–Crippen LogP) is 1.47. The molecule has 5 heteroatoms. The van der Waals surface area contributed by atoms with Gasteiger partial charge in [-0.05, 0) is 6.92 Å². The van der Waals surface area contributed by atoms with Crippen LogP contribution in [0.3, 0.4) is 0 Å². The summed E-state index contributed by atoms with van der Waals surface area (Å²) in [4.78, 5) is 6.59. The lowest BCUT2D eigenvalue weighted by atomic mass is 10.0. The molecule has 100 valence electrons. The maximum Gasteiger partial charge on any atom is 0.241 e. The summed E-state index contributed by atoms with van der Waals surface area (Å²) in [6.45, 7) is 4.77. The van der Waals surface area contributed by atoms with E-state index in [-0.39, 0.29) is 6.61 Å². The number of rotatable bonds is 4. The summed E-state index contributed by atoms with van der Waals surface area (Å²) in [6, 6.07) is 8.06. The van der Waals surface area contributed by atoms with E-state index in [1.54, 1.807) is 0 Å².